The summed E-state index contributed by atoms with van der Waals surface area (Å²) in [5.74, 6) is -0.680. The Bertz CT molecular complexity index is 927. The van der Waals surface area contributed by atoms with E-state index in [-0.39, 0.29) is 23.4 Å². The first-order chi connectivity index (χ1) is 13.3. The first-order valence-corrected chi connectivity index (χ1v) is 9.40. The van der Waals surface area contributed by atoms with Crippen molar-refractivity contribution in [2.24, 2.45) is 5.92 Å². The first kappa shape index (κ1) is 20.1. The van der Waals surface area contributed by atoms with Gasteiger partial charge < -0.3 is 10.2 Å². The van der Waals surface area contributed by atoms with Crippen LogP contribution in [0.2, 0.25) is 10.0 Å². The number of carbonyl (C=O) groups is 2. The van der Waals surface area contributed by atoms with Crippen LogP contribution < -0.4 is 5.32 Å². The third-order valence-electron chi connectivity index (χ3n) is 4.64. The van der Waals surface area contributed by atoms with E-state index in [1.165, 1.54) is 24.3 Å². The molecule has 0 atom stereocenters. The summed E-state index contributed by atoms with van der Waals surface area (Å²) in [5.41, 5.74) is 0.675. The van der Waals surface area contributed by atoms with Gasteiger partial charge in [-0.3, -0.25) is 19.7 Å². The van der Waals surface area contributed by atoms with E-state index in [1.54, 1.807) is 23.1 Å². The quantitative estimate of drug-likeness (QED) is 0.584. The number of nitrogens with one attached hydrogen (secondary N) is 1. The molecule has 0 saturated carbocycles. The molecule has 0 spiro atoms. The molecule has 7 nitrogen and oxygen atoms in total. The van der Waals surface area contributed by atoms with E-state index < -0.39 is 4.92 Å². The predicted molar refractivity (Wildman–Crippen MR) is 107 cm³/mol. The average molecular weight is 422 g/mol. The number of benzene rings is 2. The van der Waals surface area contributed by atoms with Gasteiger partial charge in [0.2, 0.25) is 5.91 Å². The molecular formula is C19H17Cl2N3O4. The highest BCUT2D eigenvalue weighted by Crippen LogP contribution is 2.26. The Labute approximate surface area is 171 Å². The number of halogens is 2. The molecule has 146 valence electrons. The molecule has 1 heterocycles. The number of anilines is 1. The molecule has 0 unspecified atom stereocenters. The zero-order valence-electron chi connectivity index (χ0n) is 14.7. The van der Waals surface area contributed by atoms with Crippen molar-refractivity contribution in [3.8, 4) is 0 Å². The maximum Gasteiger partial charge on any atom is 0.271 e. The van der Waals surface area contributed by atoms with Crippen molar-refractivity contribution in [1.29, 1.82) is 0 Å². The molecule has 2 aromatic rings. The summed E-state index contributed by atoms with van der Waals surface area (Å²) in [6.07, 6.45) is 0.995. The molecule has 0 aromatic heterocycles. The molecule has 0 radical (unpaired) electrons. The van der Waals surface area contributed by atoms with Gasteiger partial charge in [0.15, 0.2) is 0 Å². The van der Waals surface area contributed by atoms with Gasteiger partial charge in [-0.2, -0.15) is 0 Å². The molecule has 1 fully saturated rings. The van der Waals surface area contributed by atoms with Crippen molar-refractivity contribution in [2.45, 2.75) is 12.8 Å². The highest BCUT2D eigenvalue weighted by molar-refractivity contribution is 6.36. The van der Waals surface area contributed by atoms with Crippen LogP contribution in [0.1, 0.15) is 23.2 Å². The van der Waals surface area contributed by atoms with Crippen LogP contribution in [0.15, 0.2) is 42.5 Å². The number of hydrogen-bond donors (Lipinski definition) is 1. The molecule has 1 aliphatic heterocycles. The largest absolute Gasteiger partial charge is 0.339 e. The van der Waals surface area contributed by atoms with Gasteiger partial charge in [0.05, 0.1) is 15.5 Å². The van der Waals surface area contributed by atoms with E-state index in [0.717, 1.165) is 0 Å². The number of nitrogens with zero attached hydrogens (tertiary/aromatic N) is 2. The molecule has 28 heavy (non-hydrogen) atoms. The fourth-order valence-corrected chi connectivity index (χ4v) is 3.61. The summed E-state index contributed by atoms with van der Waals surface area (Å²) in [6.45, 7) is 0.843. The number of carbonyl (C=O) groups excluding carboxylic acids is 2. The highest BCUT2D eigenvalue weighted by Gasteiger charge is 2.28. The molecule has 2 amide bonds. The zero-order valence-corrected chi connectivity index (χ0v) is 16.2. The standard InChI is InChI=1S/C19H17Cl2N3O4/c20-13-4-5-16(17(21)10-13)19(26)23-8-6-12(7-9-23)18(25)22-14-2-1-3-15(11-14)24(27)28/h1-5,10-12H,6-9H2,(H,22,25). The van der Waals surface area contributed by atoms with E-state index in [4.69, 9.17) is 23.2 Å². The van der Waals surface area contributed by atoms with Gasteiger partial charge in [0.25, 0.3) is 11.6 Å². The fourth-order valence-electron chi connectivity index (χ4n) is 3.12. The summed E-state index contributed by atoms with van der Waals surface area (Å²) in [4.78, 5) is 37.1. The zero-order chi connectivity index (χ0) is 20.3. The smallest absolute Gasteiger partial charge is 0.271 e. The van der Waals surface area contributed by atoms with Gasteiger partial charge in [-0.15, -0.1) is 0 Å². The van der Waals surface area contributed by atoms with Gasteiger partial charge in [0, 0.05) is 41.9 Å². The van der Waals surface area contributed by atoms with Crippen LogP contribution in [0.25, 0.3) is 0 Å². The number of piperidine rings is 1. The van der Waals surface area contributed by atoms with Crippen molar-refractivity contribution in [2.75, 3.05) is 18.4 Å². The lowest BCUT2D eigenvalue weighted by Gasteiger charge is -2.31. The van der Waals surface area contributed by atoms with Crippen LogP contribution >= 0.6 is 23.2 Å². The molecule has 1 N–H and O–H groups in total. The first-order valence-electron chi connectivity index (χ1n) is 8.65. The van der Waals surface area contributed by atoms with E-state index in [2.05, 4.69) is 5.32 Å². The molecule has 0 bridgehead atoms. The van der Waals surface area contributed by atoms with Crippen LogP contribution in [0, 0.1) is 16.0 Å². The van der Waals surface area contributed by atoms with E-state index in [1.807, 2.05) is 0 Å². The van der Waals surface area contributed by atoms with Crippen molar-refractivity contribution in [3.05, 3.63) is 68.2 Å². The normalized spacial score (nSPS) is 14.6. The van der Waals surface area contributed by atoms with E-state index in [9.17, 15) is 19.7 Å². The van der Waals surface area contributed by atoms with Crippen molar-refractivity contribution < 1.29 is 14.5 Å². The second-order valence-corrected chi connectivity index (χ2v) is 7.33. The second kappa shape index (κ2) is 8.58. The molecule has 1 saturated heterocycles. The van der Waals surface area contributed by atoms with E-state index >= 15 is 0 Å². The van der Waals surface area contributed by atoms with Gasteiger partial charge in [-0.25, -0.2) is 0 Å². The Hall–Kier alpha value is -2.64. The molecule has 9 heteroatoms. The van der Waals surface area contributed by atoms with Crippen LogP contribution in [0.3, 0.4) is 0 Å². The van der Waals surface area contributed by atoms with Crippen LogP contribution in [-0.4, -0.2) is 34.7 Å². The van der Waals surface area contributed by atoms with E-state index in [0.29, 0.717) is 47.2 Å². The lowest BCUT2D eigenvalue weighted by atomic mass is 9.95. The maximum atomic E-state index is 12.6. The fraction of sp³-hybridized carbons (Fsp3) is 0.263. The minimum absolute atomic E-state index is 0.0851. The summed E-state index contributed by atoms with van der Waals surface area (Å²) < 4.78 is 0. The summed E-state index contributed by atoms with van der Waals surface area (Å²) in [7, 11) is 0. The van der Waals surface area contributed by atoms with Crippen LogP contribution in [-0.2, 0) is 4.79 Å². The Morgan fingerprint density at radius 3 is 2.46 bits per heavy atom. The Morgan fingerprint density at radius 1 is 1.11 bits per heavy atom. The number of amides is 2. The van der Waals surface area contributed by atoms with Crippen LogP contribution in [0.5, 0.6) is 0 Å². The second-order valence-electron chi connectivity index (χ2n) is 6.49. The van der Waals surface area contributed by atoms with Crippen molar-refractivity contribution in [3.63, 3.8) is 0 Å². The SMILES string of the molecule is O=C(Nc1cccc([N+](=O)[O-])c1)C1CCN(C(=O)c2ccc(Cl)cc2Cl)CC1. The molecule has 0 aliphatic carbocycles. The minimum atomic E-state index is -0.512. The summed E-state index contributed by atoms with van der Waals surface area (Å²) in [5, 5.41) is 14.3. The number of hydrogen-bond acceptors (Lipinski definition) is 4. The molecule has 3 rings (SSSR count). The molecular weight excluding hydrogens is 405 g/mol. The molecule has 2 aromatic carbocycles. The number of nitro benzene ring substituents is 1. The highest BCUT2D eigenvalue weighted by atomic mass is 35.5. The number of likely N-dealkylation sites (tertiary alicyclic amines) is 1. The van der Waals surface area contributed by atoms with Gasteiger partial charge in [-0.05, 0) is 37.1 Å². The van der Waals surface area contributed by atoms with Crippen molar-refractivity contribution in [1.82, 2.24) is 4.90 Å². The predicted octanol–water partition coefficient (Wildman–Crippen LogP) is 4.39. The third-order valence-corrected chi connectivity index (χ3v) is 5.19. The maximum absolute atomic E-state index is 12.6. The molecule has 1 aliphatic rings. The topological polar surface area (TPSA) is 92.5 Å². The Kier molecular flexibility index (Phi) is 6.16. The van der Waals surface area contributed by atoms with Gasteiger partial charge in [0.1, 0.15) is 0 Å². The summed E-state index contributed by atoms with van der Waals surface area (Å²) in [6, 6.07) is 10.5. The minimum Gasteiger partial charge on any atom is -0.339 e. The Balaban J connectivity index is 1.59. The van der Waals surface area contributed by atoms with Crippen LogP contribution in [0.4, 0.5) is 11.4 Å². The average Bonchev–Trinajstić information content (AvgIpc) is 2.68. The lowest BCUT2D eigenvalue weighted by molar-refractivity contribution is -0.384. The monoisotopic (exact) mass is 421 g/mol. The summed E-state index contributed by atoms with van der Waals surface area (Å²) >= 11 is 12.0. The number of non-ortho nitro benzene ring substituents is 1. The van der Waals surface area contributed by atoms with Gasteiger partial charge in [-0.1, -0.05) is 29.3 Å². The number of nitro groups is 1. The lowest BCUT2D eigenvalue weighted by Crippen LogP contribution is -2.41. The Morgan fingerprint density at radius 2 is 1.82 bits per heavy atom. The van der Waals surface area contributed by atoms with Gasteiger partial charge >= 0.3 is 0 Å². The third kappa shape index (κ3) is 4.61. The van der Waals surface area contributed by atoms with Crippen molar-refractivity contribution >= 4 is 46.4 Å². The number of rotatable bonds is 4.